The predicted octanol–water partition coefficient (Wildman–Crippen LogP) is 3.83. The summed E-state index contributed by atoms with van der Waals surface area (Å²) in [6.07, 6.45) is 1.22. The fourth-order valence-electron chi connectivity index (χ4n) is 2.84. The number of para-hydroxylation sites is 2. The first-order chi connectivity index (χ1) is 13.6. The monoisotopic (exact) mass is 372 g/mol. The number of hydrogen-bond acceptors (Lipinski definition) is 4. The lowest BCUT2D eigenvalue weighted by molar-refractivity contribution is 0.0946. The highest BCUT2D eigenvalue weighted by molar-refractivity contribution is 5.97. The van der Waals surface area contributed by atoms with Crippen LogP contribution in [0.4, 0.5) is 0 Å². The number of imidazole rings is 1. The van der Waals surface area contributed by atoms with Crippen LogP contribution < -0.4 is 10.4 Å². The first-order valence-electron chi connectivity index (χ1n) is 8.60. The van der Waals surface area contributed by atoms with Gasteiger partial charge in [-0.3, -0.25) is 9.36 Å². The van der Waals surface area contributed by atoms with E-state index in [4.69, 9.17) is 4.74 Å². The van der Waals surface area contributed by atoms with Gasteiger partial charge in [0, 0.05) is 5.56 Å². The maximum absolute atomic E-state index is 12.9. The van der Waals surface area contributed by atoms with Crippen LogP contribution in [-0.2, 0) is 0 Å². The third-order valence-electron chi connectivity index (χ3n) is 4.17. The molecule has 3 aromatic carbocycles. The molecule has 28 heavy (non-hydrogen) atoms. The van der Waals surface area contributed by atoms with Gasteiger partial charge in [-0.1, -0.05) is 42.5 Å². The zero-order chi connectivity index (χ0) is 19.5. The average Bonchev–Trinajstić information content (AvgIpc) is 3.03. The summed E-state index contributed by atoms with van der Waals surface area (Å²) in [6.45, 7) is 0. The van der Waals surface area contributed by atoms with Gasteiger partial charge in [-0.05, 0) is 42.5 Å². The van der Waals surface area contributed by atoms with Crippen molar-refractivity contribution in [3.8, 4) is 23.1 Å². The minimum absolute atomic E-state index is 0.219. The highest BCUT2D eigenvalue weighted by atomic mass is 16.5. The number of benzene rings is 3. The molecule has 0 amide bonds. The van der Waals surface area contributed by atoms with Gasteiger partial charge in [-0.25, -0.2) is 4.79 Å². The molecule has 138 valence electrons. The molecule has 0 radical (unpaired) electrons. The van der Waals surface area contributed by atoms with Crippen LogP contribution in [0.15, 0.2) is 95.9 Å². The summed E-state index contributed by atoms with van der Waals surface area (Å²) < 4.78 is 7.68. The number of aromatic hydroxyl groups is 1. The molecule has 4 rings (SSSR count). The number of carbonyl (C=O) groups excluding carboxylic acids is 1. The van der Waals surface area contributed by atoms with Gasteiger partial charge in [0.2, 0.25) is 5.88 Å². The van der Waals surface area contributed by atoms with E-state index >= 15 is 0 Å². The second kappa shape index (κ2) is 7.28. The van der Waals surface area contributed by atoms with Gasteiger partial charge in [0.1, 0.15) is 11.5 Å². The molecule has 0 aliphatic rings. The van der Waals surface area contributed by atoms with E-state index in [2.05, 4.69) is 0 Å². The lowest BCUT2D eigenvalue weighted by atomic mass is 10.2. The van der Waals surface area contributed by atoms with Crippen LogP contribution in [0.3, 0.4) is 0 Å². The van der Waals surface area contributed by atoms with Gasteiger partial charge in [0.15, 0.2) is 0 Å². The third kappa shape index (κ3) is 3.31. The molecule has 0 bridgehead atoms. The van der Waals surface area contributed by atoms with E-state index in [1.165, 1.54) is 16.8 Å². The fraction of sp³-hybridized carbons (Fsp3) is 0. The van der Waals surface area contributed by atoms with Gasteiger partial charge in [0.25, 0.3) is 5.91 Å². The summed E-state index contributed by atoms with van der Waals surface area (Å²) in [5, 5.41) is 10.2. The van der Waals surface area contributed by atoms with Crippen molar-refractivity contribution in [2.75, 3.05) is 0 Å². The van der Waals surface area contributed by atoms with E-state index < -0.39 is 17.5 Å². The van der Waals surface area contributed by atoms with Gasteiger partial charge in [-0.15, -0.1) is 0 Å². The van der Waals surface area contributed by atoms with E-state index in [1.807, 2.05) is 24.3 Å². The van der Waals surface area contributed by atoms with Crippen LogP contribution in [0.2, 0.25) is 0 Å². The van der Waals surface area contributed by atoms with Gasteiger partial charge in [0.05, 0.1) is 11.9 Å². The third-order valence-corrected chi connectivity index (χ3v) is 4.17. The van der Waals surface area contributed by atoms with Crippen molar-refractivity contribution in [1.82, 2.24) is 9.13 Å². The van der Waals surface area contributed by atoms with Crippen molar-refractivity contribution in [3.63, 3.8) is 0 Å². The zero-order valence-corrected chi connectivity index (χ0v) is 14.7. The van der Waals surface area contributed by atoms with Crippen LogP contribution >= 0.6 is 0 Å². The Morgan fingerprint density at radius 3 is 2.18 bits per heavy atom. The Kier molecular flexibility index (Phi) is 4.51. The minimum Gasteiger partial charge on any atom is -0.493 e. The number of aromatic nitrogens is 2. The average molecular weight is 372 g/mol. The lowest BCUT2D eigenvalue weighted by Gasteiger charge is -2.07. The molecule has 1 N–H and O–H groups in total. The Labute approximate surface area is 160 Å². The topological polar surface area (TPSA) is 73.5 Å². The molecule has 0 spiro atoms. The standard InChI is InChI=1S/C22H16N2O4/c25-20-15-23(17-9-3-1-4-10-17)22(27)24(20)21(26)16-8-7-13-19(14-16)28-18-11-5-2-6-12-18/h1-15,25H. The molecule has 0 saturated heterocycles. The summed E-state index contributed by atoms with van der Waals surface area (Å²) >= 11 is 0. The molecule has 0 fully saturated rings. The van der Waals surface area contributed by atoms with Crippen LogP contribution in [0.25, 0.3) is 5.69 Å². The number of rotatable bonds is 4. The lowest BCUT2D eigenvalue weighted by Crippen LogP contribution is -2.28. The number of nitrogens with zero attached hydrogens (tertiary/aromatic N) is 2. The molecule has 0 aliphatic heterocycles. The first-order valence-corrected chi connectivity index (χ1v) is 8.60. The Morgan fingerprint density at radius 1 is 0.821 bits per heavy atom. The summed E-state index contributed by atoms with van der Waals surface area (Å²) in [7, 11) is 0. The van der Waals surface area contributed by atoms with Crippen LogP contribution in [0.1, 0.15) is 10.4 Å². The molecule has 1 aromatic heterocycles. The van der Waals surface area contributed by atoms with Gasteiger partial charge in [-0.2, -0.15) is 4.57 Å². The summed E-state index contributed by atoms with van der Waals surface area (Å²) in [6, 6.07) is 24.4. The molecule has 6 nitrogen and oxygen atoms in total. The smallest absolute Gasteiger partial charge is 0.342 e. The Balaban J connectivity index is 1.68. The SMILES string of the molecule is O=C(c1cccc(Oc2ccccc2)c1)n1c(O)cn(-c2ccccc2)c1=O. The van der Waals surface area contributed by atoms with E-state index in [0.717, 1.165) is 4.57 Å². The quantitative estimate of drug-likeness (QED) is 0.591. The maximum Gasteiger partial charge on any atom is 0.342 e. The van der Waals surface area contributed by atoms with Crippen molar-refractivity contribution in [2.45, 2.75) is 0 Å². The van der Waals surface area contributed by atoms with Crippen molar-refractivity contribution >= 4 is 5.91 Å². The second-order valence-electron chi connectivity index (χ2n) is 6.06. The Morgan fingerprint density at radius 2 is 1.46 bits per heavy atom. The number of carbonyl (C=O) groups is 1. The Hall–Kier alpha value is -4.06. The summed E-state index contributed by atoms with van der Waals surface area (Å²) in [4.78, 5) is 25.6. The van der Waals surface area contributed by atoms with E-state index in [1.54, 1.807) is 54.6 Å². The maximum atomic E-state index is 12.9. The van der Waals surface area contributed by atoms with E-state index in [9.17, 15) is 14.7 Å². The van der Waals surface area contributed by atoms with Crippen molar-refractivity contribution < 1.29 is 14.6 Å². The molecule has 0 unspecified atom stereocenters. The Bertz CT molecular complexity index is 1180. The minimum atomic E-state index is -0.650. The molecule has 4 aromatic rings. The normalized spacial score (nSPS) is 10.6. The molecule has 0 aliphatic carbocycles. The predicted molar refractivity (Wildman–Crippen MR) is 104 cm³/mol. The second-order valence-corrected chi connectivity index (χ2v) is 6.06. The van der Waals surface area contributed by atoms with Gasteiger partial charge >= 0.3 is 5.69 Å². The molecule has 6 heteroatoms. The van der Waals surface area contributed by atoms with Crippen molar-refractivity contribution in [3.05, 3.63) is 107 Å². The highest BCUT2D eigenvalue weighted by Gasteiger charge is 2.20. The van der Waals surface area contributed by atoms with Crippen molar-refractivity contribution in [2.24, 2.45) is 0 Å². The van der Waals surface area contributed by atoms with Crippen molar-refractivity contribution in [1.29, 1.82) is 0 Å². The summed E-state index contributed by atoms with van der Waals surface area (Å²) in [5.74, 6) is -0.00153. The van der Waals surface area contributed by atoms with Crippen LogP contribution in [0, 0.1) is 0 Å². The number of hydrogen-bond donors (Lipinski definition) is 1. The molecule has 0 atom stereocenters. The molecular weight excluding hydrogens is 356 g/mol. The van der Waals surface area contributed by atoms with Crippen LogP contribution in [0.5, 0.6) is 17.4 Å². The van der Waals surface area contributed by atoms with Crippen LogP contribution in [-0.4, -0.2) is 20.1 Å². The largest absolute Gasteiger partial charge is 0.493 e. The highest BCUT2D eigenvalue weighted by Crippen LogP contribution is 2.23. The fourth-order valence-corrected chi connectivity index (χ4v) is 2.84. The summed E-state index contributed by atoms with van der Waals surface area (Å²) in [5.41, 5.74) is 0.121. The molecular formula is C22H16N2O4. The zero-order valence-electron chi connectivity index (χ0n) is 14.7. The first kappa shape index (κ1) is 17.4. The molecule has 1 heterocycles. The number of ether oxygens (including phenoxy) is 1. The van der Waals surface area contributed by atoms with E-state index in [0.29, 0.717) is 17.2 Å². The van der Waals surface area contributed by atoms with E-state index in [-0.39, 0.29) is 5.56 Å². The molecule has 0 saturated carbocycles. The van der Waals surface area contributed by atoms with Gasteiger partial charge < -0.3 is 9.84 Å².